The van der Waals surface area contributed by atoms with E-state index in [0.717, 1.165) is 0 Å². The highest BCUT2D eigenvalue weighted by Crippen LogP contribution is 2.20. The summed E-state index contributed by atoms with van der Waals surface area (Å²) in [5, 5.41) is 8.87. The van der Waals surface area contributed by atoms with E-state index in [1.165, 1.54) is 36.3 Å². The second-order valence-electron chi connectivity index (χ2n) is 3.77. The van der Waals surface area contributed by atoms with E-state index in [9.17, 15) is 13.2 Å². The Morgan fingerprint density at radius 2 is 2.10 bits per heavy atom. The van der Waals surface area contributed by atoms with Gasteiger partial charge in [-0.1, -0.05) is 0 Å². The molecule has 0 saturated heterocycles. The topological polar surface area (TPSA) is 143 Å². The zero-order valence-electron chi connectivity index (χ0n) is 10.3. The molecule has 0 saturated carbocycles. The van der Waals surface area contributed by atoms with Gasteiger partial charge < -0.3 is 10.5 Å². The maximum Gasteiger partial charge on any atom is 0.377 e. The molecule has 0 bridgehead atoms. The molecule has 0 fully saturated rings. The van der Waals surface area contributed by atoms with Crippen LogP contribution in [0, 0.1) is 0 Å². The summed E-state index contributed by atoms with van der Waals surface area (Å²) in [7, 11) is -2.63. The van der Waals surface area contributed by atoms with Crippen LogP contribution in [-0.4, -0.2) is 36.3 Å². The number of esters is 1. The number of anilines is 1. The van der Waals surface area contributed by atoms with E-state index in [4.69, 9.17) is 10.9 Å². The molecule has 0 atom stereocenters. The van der Waals surface area contributed by atoms with Gasteiger partial charge in [0.25, 0.3) is 5.82 Å². The number of nitrogens with zero attached hydrogens (tertiary/aromatic N) is 3. The lowest BCUT2D eigenvalue weighted by atomic mass is 10.3. The first kappa shape index (κ1) is 14.0. The molecule has 1 aromatic heterocycles. The number of hydrogen-bond acceptors (Lipinski definition) is 7. The van der Waals surface area contributed by atoms with E-state index in [0.29, 0.717) is 5.69 Å². The minimum Gasteiger partial charge on any atom is -0.463 e. The largest absolute Gasteiger partial charge is 0.463 e. The normalized spacial score (nSPS) is 11.3. The van der Waals surface area contributed by atoms with Crippen molar-refractivity contribution in [2.75, 3.05) is 12.8 Å². The number of carbonyl (C=O) groups is 1. The Hall–Kier alpha value is -2.46. The maximum atomic E-state index is 11.2. The third kappa shape index (κ3) is 2.60. The molecule has 2 rings (SSSR count). The van der Waals surface area contributed by atoms with Gasteiger partial charge in [-0.3, -0.25) is 0 Å². The quantitative estimate of drug-likeness (QED) is 0.562. The molecule has 10 heteroatoms. The van der Waals surface area contributed by atoms with E-state index >= 15 is 0 Å². The number of methoxy groups -OCH3 is 1. The number of aromatic nitrogens is 3. The van der Waals surface area contributed by atoms with Gasteiger partial charge in [-0.15, -0.1) is 5.10 Å². The predicted octanol–water partition coefficient (Wildman–Crippen LogP) is -0.716. The molecule has 0 unspecified atom stereocenters. The van der Waals surface area contributed by atoms with Crippen LogP contribution < -0.4 is 10.9 Å². The summed E-state index contributed by atoms with van der Waals surface area (Å²) >= 11 is 0. The van der Waals surface area contributed by atoms with Gasteiger partial charge in [0.15, 0.2) is 0 Å². The Kier molecular flexibility index (Phi) is 3.42. The second kappa shape index (κ2) is 4.90. The third-order valence-electron chi connectivity index (χ3n) is 2.43. The summed E-state index contributed by atoms with van der Waals surface area (Å²) < 4.78 is 28.1. The number of sulfonamides is 1. The van der Waals surface area contributed by atoms with Crippen molar-refractivity contribution in [1.82, 2.24) is 14.8 Å². The summed E-state index contributed by atoms with van der Waals surface area (Å²) in [5.74, 6) is -0.828. The molecular formula is C10H11N5O4S. The molecular weight excluding hydrogens is 286 g/mol. The van der Waals surface area contributed by atoms with Crippen molar-refractivity contribution < 1.29 is 17.9 Å². The average Bonchev–Trinajstić information content (AvgIpc) is 2.86. The lowest BCUT2D eigenvalue weighted by Crippen LogP contribution is -2.13. The minimum absolute atomic E-state index is 0.118. The van der Waals surface area contributed by atoms with Gasteiger partial charge in [-0.25, -0.2) is 28.0 Å². The highest BCUT2D eigenvalue weighted by molar-refractivity contribution is 7.89. The first-order valence-electron chi connectivity index (χ1n) is 5.25. The molecule has 1 heterocycles. The SMILES string of the molecule is COC(=O)c1ncn(-c2ccc(S(N)(=O)=O)cc2N)n1. The monoisotopic (exact) mass is 297 g/mol. The van der Waals surface area contributed by atoms with Crippen LogP contribution in [0.15, 0.2) is 29.4 Å². The number of nitrogen functional groups attached to an aromatic ring is 1. The van der Waals surface area contributed by atoms with Crippen LogP contribution in [0.25, 0.3) is 5.69 Å². The fourth-order valence-electron chi connectivity index (χ4n) is 1.48. The Morgan fingerprint density at radius 3 is 2.65 bits per heavy atom. The third-order valence-corrected chi connectivity index (χ3v) is 3.35. The van der Waals surface area contributed by atoms with E-state index in [2.05, 4.69) is 14.8 Å². The van der Waals surface area contributed by atoms with Gasteiger partial charge in [0.1, 0.15) is 6.33 Å². The minimum atomic E-state index is -3.84. The van der Waals surface area contributed by atoms with Crippen molar-refractivity contribution >= 4 is 21.7 Å². The molecule has 1 aromatic carbocycles. The molecule has 0 amide bonds. The molecule has 0 aliphatic heterocycles. The van der Waals surface area contributed by atoms with E-state index in [-0.39, 0.29) is 16.4 Å². The highest BCUT2D eigenvalue weighted by atomic mass is 32.2. The molecule has 0 aliphatic carbocycles. The summed E-state index contributed by atoms with van der Waals surface area (Å²) in [6.45, 7) is 0. The number of primary sulfonamides is 1. The van der Waals surface area contributed by atoms with Crippen LogP contribution in [0.1, 0.15) is 10.6 Å². The first-order chi connectivity index (χ1) is 9.32. The molecule has 20 heavy (non-hydrogen) atoms. The van der Waals surface area contributed by atoms with Gasteiger partial charge in [-0.2, -0.15) is 0 Å². The van der Waals surface area contributed by atoms with Crippen LogP contribution in [-0.2, 0) is 14.8 Å². The Bertz CT molecular complexity index is 768. The predicted molar refractivity (Wildman–Crippen MR) is 68.5 cm³/mol. The van der Waals surface area contributed by atoms with Crippen molar-refractivity contribution in [3.8, 4) is 5.69 Å². The van der Waals surface area contributed by atoms with Crippen LogP contribution in [0.2, 0.25) is 0 Å². The van der Waals surface area contributed by atoms with Gasteiger partial charge in [0.2, 0.25) is 10.0 Å². The van der Waals surface area contributed by atoms with Gasteiger partial charge >= 0.3 is 5.97 Å². The van der Waals surface area contributed by atoms with Crippen molar-refractivity contribution in [2.24, 2.45) is 5.14 Å². The van der Waals surface area contributed by atoms with Crippen LogP contribution >= 0.6 is 0 Å². The number of carbonyl (C=O) groups excluding carboxylic acids is 1. The lowest BCUT2D eigenvalue weighted by molar-refractivity contribution is 0.0587. The van der Waals surface area contributed by atoms with Crippen LogP contribution in [0.5, 0.6) is 0 Å². The Balaban J connectivity index is 2.44. The zero-order chi connectivity index (χ0) is 14.9. The molecule has 0 aliphatic rings. The number of rotatable bonds is 3. The van der Waals surface area contributed by atoms with Crippen molar-refractivity contribution in [1.29, 1.82) is 0 Å². The smallest absolute Gasteiger partial charge is 0.377 e. The Morgan fingerprint density at radius 1 is 1.40 bits per heavy atom. The number of benzene rings is 1. The lowest BCUT2D eigenvalue weighted by Gasteiger charge is -2.06. The summed E-state index contributed by atoms with van der Waals surface area (Å²) in [5.41, 5.74) is 6.23. The van der Waals surface area contributed by atoms with Gasteiger partial charge in [0.05, 0.1) is 23.4 Å². The summed E-state index contributed by atoms with van der Waals surface area (Å²) in [6.07, 6.45) is 1.26. The van der Waals surface area contributed by atoms with E-state index in [1.807, 2.05) is 0 Å². The van der Waals surface area contributed by atoms with Crippen molar-refractivity contribution in [3.05, 3.63) is 30.4 Å². The molecule has 0 spiro atoms. The fraction of sp³-hybridized carbons (Fsp3) is 0.100. The van der Waals surface area contributed by atoms with Crippen molar-refractivity contribution in [3.63, 3.8) is 0 Å². The summed E-state index contributed by atoms with van der Waals surface area (Å²) in [6, 6.07) is 3.88. The number of nitrogens with two attached hydrogens (primary N) is 2. The first-order valence-corrected chi connectivity index (χ1v) is 6.80. The highest BCUT2D eigenvalue weighted by Gasteiger charge is 2.15. The van der Waals surface area contributed by atoms with Gasteiger partial charge in [-0.05, 0) is 18.2 Å². The molecule has 0 radical (unpaired) electrons. The van der Waals surface area contributed by atoms with Crippen LogP contribution in [0.4, 0.5) is 5.69 Å². The number of ether oxygens (including phenoxy) is 1. The molecule has 9 nitrogen and oxygen atoms in total. The van der Waals surface area contributed by atoms with Crippen LogP contribution in [0.3, 0.4) is 0 Å². The Labute approximate surface area is 114 Å². The summed E-state index contributed by atoms with van der Waals surface area (Å²) in [4.78, 5) is 14.9. The second-order valence-corrected chi connectivity index (χ2v) is 5.33. The number of hydrogen-bond donors (Lipinski definition) is 2. The van der Waals surface area contributed by atoms with Gasteiger partial charge in [0, 0.05) is 0 Å². The van der Waals surface area contributed by atoms with E-state index < -0.39 is 16.0 Å². The maximum absolute atomic E-state index is 11.2. The molecule has 106 valence electrons. The molecule has 2 aromatic rings. The van der Waals surface area contributed by atoms with Crippen molar-refractivity contribution in [2.45, 2.75) is 4.90 Å². The fourth-order valence-corrected chi connectivity index (χ4v) is 2.03. The standard InChI is InChI=1S/C10H11N5O4S/c1-19-10(16)9-13-5-15(14-9)8-3-2-6(4-7(8)11)20(12,17)18/h2-5H,11H2,1H3,(H2,12,17,18). The van der Waals surface area contributed by atoms with E-state index in [1.54, 1.807) is 0 Å². The zero-order valence-corrected chi connectivity index (χ0v) is 11.2. The average molecular weight is 297 g/mol. The molecule has 4 N–H and O–H groups in total.